The van der Waals surface area contributed by atoms with Gasteiger partial charge in [0.15, 0.2) is 5.17 Å². The molecule has 3 aliphatic heterocycles. The van der Waals surface area contributed by atoms with Crippen molar-refractivity contribution in [2.45, 2.75) is 31.1 Å². The predicted molar refractivity (Wildman–Crippen MR) is 110 cm³/mol. The predicted octanol–water partition coefficient (Wildman–Crippen LogP) is 3.67. The maximum absolute atomic E-state index is 9.24. The van der Waals surface area contributed by atoms with E-state index in [1.54, 1.807) is 11.8 Å². The smallest absolute Gasteiger partial charge is 0.154 e. The van der Waals surface area contributed by atoms with Crippen LogP contribution in [0.25, 0.3) is 11.1 Å². The number of rotatable bonds is 1. The summed E-state index contributed by atoms with van der Waals surface area (Å²) in [7, 11) is 0. The fourth-order valence-electron chi connectivity index (χ4n) is 4.80. The summed E-state index contributed by atoms with van der Waals surface area (Å²) >= 11 is 1.61. The Kier molecular flexibility index (Phi) is 4.11. The zero-order valence-electron chi connectivity index (χ0n) is 15.6. The first-order valence-corrected chi connectivity index (χ1v) is 10.5. The molecule has 1 unspecified atom stereocenters. The number of nitriles is 1. The molecule has 0 aromatic heterocycles. The van der Waals surface area contributed by atoms with Crippen LogP contribution in [0.3, 0.4) is 0 Å². The summed E-state index contributed by atoms with van der Waals surface area (Å²) in [5, 5.41) is 9.86. The van der Waals surface area contributed by atoms with Gasteiger partial charge >= 0.3 is 0 Å². The molecule has 1 fully saturated rings. The van der Waals surface area contributed by atoms with Crippen LogP contribution in [-0.2, 0) is 10.3 Å². The summed E-state index contributed by atoms with van der Waals surface area (Å²) in [6.45, 7) is 2.82. The molecule has 0 radical (unpaired) electrons. The number of aliphatic imine (C=N–C) groups is 1. The van der Waals surface area contributed by atoms with Crippen LogP contribution in [0.5, 0.6) is 5.75 Å². The maximum Gasteiger partial charge on any atom is 0.154 e. The van der Waals surface area contributed by atoms with Crippen molar-refractivity contribution < 1.29 is 9.47 Å². The second-order valence-corrected chi connectivity index (χ2v) is 8.61. The molecule has 2 aromatic carbocycles. The van der Waals surface area contributed by atoms with E-state index in [2.05, 4.69) is 25.1 Å². The van der Waals surface area contributed by atoms with Gasteiger partial charge in [0.05, 0.1) is 30.3 Å². The number of ether oxygens (including phenoxy) is 2. The van der Waals surface area contributed by atoms with Gasteiger partial charge in [0.1, 0.15) is 17.4 Å². The third-order valence-electron chi connectivity index (χ3n) is 6.04. The van der Waals surface area contributed by atoms with Gasteiger partial charge in [-0.05, 0) is 42.3 Å². The van der Waals surface area contributed by atoms with Crippen molar-refractivity contribution in [1.82, 2.24) is 0 Å². The lowest BCUT2D eigenvalue weighted by molar-refractivity contribution is -0.108. The molecule has 3 aliphatic rings. The van der Waals surface area contributed by atoms with Crippen molar-refractivity contribution >= 4 is 16.9 Å². The lowest BCUT2D eigenvalue weighted by Crippen LogP contribution is -2.55. The Morgan fingerprint density at radius 3 is 2.89 bits per heavy atom. The van der Waals surface area contributed by atoms with Gasteiger partial charge in [-0.1, -0.05) is 30.0 Å². The van der Waals surface area contributed by atoms with Crippen LogP contribution in [0.2, 0.25) is 0 Å². The maximum atomic E-state index is 9.24. The number of nitrogens with zero attached hydrogens (tertiary/aromatic N) is 2. The zero-order valence-corrected chi connectivity index (χ0v) is 16.4. The zero-order chi connectivity index (χ0) is 19.3. The second kappa shape index (κ2) is 6.54. The van der Waals surface area contributed by atoms with Gasteiger partial charge in [0.2, 0.25) is 0 Å². The molecule has 0 amide bonds. The van der Waals surface area contributed by atoms with E-state index < -0.39 is 5.54 Å². The van der Waals surface area contributed by atoms with Crippen LogP contribution in [0.15, 0.2) is 47.5 Å². The second-order valence-electron chi connectivity index (χ2n) is 7.61. The van der Waals surface area contributed by atoms with E-state index in [0.717, 1.165) is 34.6 Å². The molecule has 28 heavy (non-hydrogen) atoms. The van der Waals surface area contributed by atoms with Crippen molar-refractivity contribution in [2.75, 3.05) is 12.4 Å². The van der Waals surface area contributed by atoms with Crippen LogP contribution in [0.1, 0.15) is 24.5 Å². The highest BCUT2D eigenvalue weighted by molar-refractivity contribution is 8.14. The molecule has 142 valence electrons. The normalized spacial score (nSPS) is 30.7. The number of amidine groups is 1. The minimum Gasteiger partial charge on any atom is -0.489 e. The average molecular weight is 391 g/mol. The number of fused-ring (bicyclic) bond motifs is 4. The van der Waals surface area contributed by atoms with Crippen LogP contribution in [0, 0.1) is 17.2 Å². The number of nitrogens with two attached hydrogens (primary N) is 1. The molecule has 5 nitrogen and oxygen atoms in total. The quantitative estimate of drug-likeness (QED) is 0.802. The Morgan fingerprint density at radius 1 is 1.25 bits per heavy atom. The Labute approximate surface area is 168 Å². The summed E-state index contributed by atoms with van der Waals surface area (Å²) in [6, 6.07) is 16.1. The molecular formula is C22H21N3O2S. The van der Waals surface area contributed by atoms with E-state index in [4.69, 9.17) is 20.2 Å². The summed E-state index contributed by atoms with van der Waals surface area (Å²) in [4.78, 5) is 4.97. The molecule has 1 saturated heterocycles. The highest BCUT2D eigenvalue weighted by atomic mass is 32.2. The minimum atomic E-state index is -0.435. The number of hydrogen-bond donors (Lipinski definition) is 1. The Balaban J connectivity index is 1.68. The monoisotopic (exact) mass is 391 g/mol. The van der Waals surface area contributed by atoms with E-state index >= 15 is 0 Å². The van der Waals surface area contributed by atoms with Crippen LogP contribution in [-0.4, -0.2) is 29.7 Å². The van der Waals surface area contributed by atoms with E-state index in [1.807, 2.05) is 30.3 Å². The number of benzene rings is 2. The van der Waals surface area contributed by atoms with Crippen molar-refractivity contribution in [3.63, 3.8) is 0 Å². The van der Waals surface area contributed by atoms with E-state index in [1.165, 1.54) is 0 Å². The van der Waals surface area contributed by atoms with E-state index in [9.17, 15) is 5.26 Å². The van der Waals surface area contributed by atoms with Crippen molar-refractivity contribution in [3.8, 4) is 22.9 Å². The standard InChI is InChI=1S/C22H21N3O2S/c1-13-20-19(7-8-26-13)27-18-6-5-16(15-4-2-3-14(9-15)11-23)10-17(18)22(20)12-28-21(24)25-22/h2-6,9-10,13,19-20H,7-8,12H2,1H3,(H2,24,25)/t13-,19-,20?,22+/m1/s1. The molecule has 0 bridgehead atoms. The highest BCUT2D eigenvalue weighted by Crippen LogP contribution is 2.54. The first-order valence-electron chi connectivity index (χ1n) is 9.52. The molecule has 5 rings (SSSR count). The lowest BCUT2D eigenvalue weighted by Gasteiger charge is -2.49. The molecule has 0 saturated carbocycles. The van der Waals surface area contributed by atoms with Crippen molar-refractivity contribution in [1.29, 1.82) is 5.26 Å². The highest BCUT2D eigenvalue weighted by Gasteiger charge is 2.56. The molecule has 2 aromatic rings. The first-order chi connectivity index (χ1) is 13.6. The van der Waals surface area contributed by atoms with Gasteiger partial charge in [-0.15, -0.1) is 0 Å². The molecule has 0 aliphatic carbocycles. The molecule has 6 heteroatoms. The largest absolute Gasteiger partial charge is 0.489 e. The summed E-state index contributed by atoms with van der Waals surface area (Å²) in [5.41, 5.74) is 9.49. The Morgan fingerprint density at radius 2 is 2.11 bits per heavy atom. The SMILES string of the molecule is C[C@H]1OCC[C@H]2Oc3ccc(-c4cccc(C#N)c4)cc3[C@@]3(CSC(N)=N3)C12. The summed E-state index contributed by atoms with van der Waals surface area (Å²) < 4.78 is 12.4. The fraction of sp³-hybridized carbons (Fsp3) is 0.364. The topological polar surface area (TPSA) is 80.6 Å². The lowest BCUT2D eigenvalue weighted by atomic mass is 9.70. The molecular weight excluding hydrogens is 370 g/mol. The van der Waals surface area contributed by atoms with E-state index in [-0.39, 0.29) is 18.1 Å². The van der Waals surface area contributed by atoms with Gasteiger partial charge in [-0.3, -0.25) is 0 Å². The van der Waals surface area contributed by atoms with Crippen LogP contribution < -0.4 is 10.5 Å². The third kappa shape index (κ3) is 2.61. The molecule has 2 N–H and O–H groups in total. The van der Waals surface area contributed by atoms with Crippen LogP contribution >= 0.6 is 11.8 Å². The van der Waals surface area contributed by atoms with Crippen LogP contribution in [0.4, 0.5) is 0 Å². The van der Waals surface area contributed by atoms with Gasteiger partial charge < -0.3 is 15.2 Å². The van der Waals surface area contributed by atoms with Gasteiger partial charge in [-0.25, -0.2) is 4.99 Å². The minimum absolute atomic E-state index is 0.0488. The van der Waals surface area contributed by atoms with Crippen molar-refractivity contribution in [3.05, 3.63) is 53.6 Å². The third-order valence-corrected chi connectivity index (χ3v) is 7.01. The summed E-state index contributed by atoms with van der Waals surface area (Å²) in [5.74, 6) is 1.81. The van der Waals surface area contributed by atoms with Crippen molar-refractivity contribution in [2.24, 2.45) is 16.6 Å². The fourth-order valence-corrected chi connectivity index (χ4v) is 5.81. The molecule has 4 atom stereocenters. The first kappa shape index (κ1) is 17.6. The average Bonchev–Trinajstić information content (AvgIpc) is 3.10. The Hall–Kier alpha value is -2.49. The van der Waals surface area contributed by atoms with Gasteiger partial charge in [0.25, 0.3) is 0 Å². The molecule has 3 heterocycles. The van der Waals surface area contributed by atoms with E-state index in [0.29, 0.717) is 17.3 Å². The van der Waals surface area contributed by atoms with Gasteiger partial charge in [0, 0.05) is 17.7 Å². The number of thioether (sulfide) groups is 1. The summed E-state index contributed by atoms with van der Waals surface area (Å²) in [6.07, 6.45) is 0.995. The molecule has 1 spiro atoms. The number of hydrogen-bond acceptors (Lipinski definition) is 6. The van der Waals surface area contributed by atoms with Gasteiger partial charge in [-0.2, -0.15) is 5.26 Å². The Bertz CT molecular complexity index is 1020.